The summed E-state index contributed by atoms with van der Waals surface area (Å²) in [4.78, 5) is 10.9. The van der Waals surface area contributed by atoms with Crippen molar-refractivity contribution in [3.05, 3.63) is 0 Å². The van der Waals surface area contributed by atoms with Crippen LogP contribution in [0.1, 0.15) is 27.2 Å². The van der Waals surface area contributed by atoms with Crippen LogP contribution in [-0.2, 0) is 4.79 Å². The lowest BCUT2D eigenvalue weighted by Gasteiger charge is -2.11. The molecule has 0 aliphatic carbocycles. The minimum absolute atomic E-state index is 0.0645. The Balaban J connectivity index is 3.46. The van der Waals surface area contributed by atoms with Crippen LogP contribution in [0.2, 0.25) is 0 Å². The first-order valence-corrected chi connectivity index (χ1v) is 4.11. The summed E-state index contributed by atoms with van der Waals surface area (Å²) in [5.41, 5.74) is 5.35. The van der Waals surface area contributed by atoms with Gasteiger partial charge in [0.2, 0.25) is 5.91 Å². The van der Waals surface area contributed by atoms with Gasteiger partial charge in [-0.1, -0.05) is 20.3 Å². The molecule has 0 radical (unpaired) electrons. The Labute approximate surface area is 68.3 Å². The van der Waals surface area contributed by atoms with E-state index in [2.05, 4.69) is 19.2 Å². The van der Waals surface area contributed by atoms with Crippen LogP contribution in [0.5, 0.6) is 0 Å². The summed E-state index contributed by atoms with van der Waals surface area (Å²) in [6, 6.07) is -0.390. The third kappa shape index (κ3) is 4.79. The van der Waals surface area contributed by atoms with Gasteiger partial charge in [-0.25, -0.2) is 0 Å². The number of nitrogens with two attached hydrogens (primary N) is 1. The molecule has 0 aromatic carbocycles. The summed E-state index contributed by atoms with van der Waals surface area (Å²) in [6.45, 7) is 6.62. The van der Waals surface area contributed by atoms with Crippen molar-refractivity contribution in [1.29, 1.82) is 0 Å². The number of nitrogens with one attached hydrogen (secondary N) is 1. The third-order valence-corrected chi connectivity index (χ3v) is 1.74. The van der Waals surface area contributed by atoms with Gasteiger partial charge in [-0.3, -0.25) is 4.79 Å². The molecule has 0 saturated carbocycles. The first-order chi connectivity index (χ1) is 5.07. The van der Waals surface area contributed by atoms with Crippen LogP contribution >= 0.6 is 0 Å². The molecule has 3 nitrogen and oxygen atoms in total. The van der Waals surface area contributed by atoms with E-state index in [9.17, 15) is 4.79 Å². The standard InChI is InChI=1S/C8H18N2O/c1-4-6(2)5-10-8(11)7(3)9/h6-7H,4-5,9H2,1-3H3,(H,10,11). The van der Waals surface area contributed by atoms with E-state index in [1.807, 2.05) is 0 Å². The van der Waals surface area contributed by atoms with Crippen LogP contribution in [0, 0.1) is 5.92 Å². The van der Waals surface area contributed by atoms with Gasteiger partial charge in [-0.05, 0) is 12.8 Å². The molecule has 0 aliphatic rings. The minimum atomic E-state index is -0.390. The number of carbonyl (C=O) groups excluding carboxylic acids is 1. The Morgan fingerprint density at radius 1 is 1.55 bits per heavy atom. The lowest BCUT2D eigenvalue weighted by Crippen LogP contribution is -2.40. The molecule has 66 valence electrons. The van der Waals surface area contributed by atoms with Crippen molar-refractivity contribution in [2.24, 2.45) is 11.7 Å². The lowest BCUT2D eigenvalue weighted by molar-refractivity contribution is -0.122. The summed E-state index contributed by atoms with van der Waals surface area (Å²) in [6.07, 6.45) is 1.08. The molecule has 0 fully saturated rings. The molecule has 2 atom stereocenters. The van der Waals surface area contributed by atoms with Crippen molar-refractivity contribution in [2.75, 3.05) is 6.54 Å². The van der Waals surface area contributed by atoms with Gasteiger partial charge in [0.05, 0.1) is 6.04 Å². The molecule has 3 heteroatoms. The molecule has 0 rings (SSSR count). The van der Waals surface area contributed by atoms with E-state index >= 15 is 0 Å². The molecule has 11 heavy (non-hydrogen) atoms. The number of hydrogen-bond acceptors (Lipinski definition) is 2. The molecular formula is C8H18N2O. The molecule has 0 spiro atoms. The molecular weight excluding hydrogens is 140 g/mol. The maximum atomic E-state index is 10.9. The average molecular weight is 158 g/mol. The maximum Gasteiger partial charge on any atom is 0.236 e. The summed E-state index contributed by atoms with van der Waals surface area (Å²) in [5.74, 6) is 0.475. The van der Waals surface area contributed by atoms with Gasteiger partial charge in [-0.15, -0.1) is 0 Å². The highest BCUT2D eigenvalue weighted by atomic mass is 16.2. The Bertz CT molecular complexity index is 123. The van der Waals surface area contributed by atoms with E-state index < -0.39 is 0 Å². The average Bonchev–Trinajstić information content (AvgIpc) is 1.99. The lowest BCUT2D eigenvalue weighted by atomic mass is 10.1. The van der Waals surface area contributed by atoms with Crippen LogP contribution in [-0.4, -0.2) is 18.5 Å². The van der Waals surface area contributed by atoms with Gasteiger partial charge in [0, 0.05) is 6.54 Å². The number of amides is 1. The van der Waals surface area contributed by atoms with Crippen LogP contribution < -0.4 is 11.1 Å². The first kappa shape index (κ1) is 10.4. The third-order valence-electron chi connectivity index (χ3n) is 1.74. The number of rotatable bonds is 4. The Morgan fingerprint density at radius 3 is 2.45 bits per heavy atom. The molecule has 0 aromatic heterocycles. The quantitative estimate of drug-likeness (QED) is 0.626. The molecule has 0 aromatic rings. The number of carbonyl (C=O) groups is 1. The second kappa shape index (κ2) is 5.13. The van der Waals surface area contributed by atoms with Crippen molar-refractivity contribution in [3.63, 3.8) is 0 Å². The van der Waals surface area contributed by atoms with Gasteiger partial charge in [0.1, 0.15) is 0 Å². The minimum Gasteiger partial charge on any atom is -0.354 e. The Hall–Kier alpha value is -0.570. The van der Waals surface area contributed by atoms with Crippen molar-refractivity contribution in [1.82, 2.24) is 5.32 Å². The molecule has 0 saturated heterocycles. The van der Waals surface area contributed by atoms with E-state index in [1.54, 1.807) is 6.92 Å². The fourth-order valence-electron chi connectivity index (χ4n) is 0.580. The summed E-state index contributed by atoms with van der Waals surface area (Å²) in [7, 11) is 0. The molecule has 2 unspecified atom stereocenters. The van der Waals surface area contributed by atoms with Gasteiger partial charge in [0.25, 0.3) is 0 Å². The fourth-order valence-corrected chi connectivity index (χ4v) is 0.580. The van der Waals surface area contributed by atoms with Crippen LogP contribution in [0.15, 0.2) is 0 Å². The van der Waals surface area contributed by atoms with Crippen molar-refractivity contribution in [2.45, 2.75) is 33.2 Å². The highest BCUT2D eigenvalue weighted by Gasteiger charge is 2.07. The maximum absolute atomic E-state index is 10.9. The van der Waals surface area contributed by atoms with Crippen LogP contribution in [0.4, 0.5) is 0 Å². The second-order valence-electron chi connectivity index (χ2n) is 3.05. The van der Waals surface area contributed by atoms with Crippen molar-refractivity contribution >= 4 is 5.91 Å². The summed E-state index contributed by atoms with van der Waals surface area (Å²) < 4.78 is 0. The zero-order chi connectivity index (χ0) is 8.85. The van der Waals surface area contributed by atoms with E-state index in [0.29, 0.717) is 5.92 Å². The highest BCUT2D eigenvalue weighted by molar-refractivity contribution is 5.80. The SMILES string of the molecule is CCC(C)CNC(=O)C(C)N. The van der Waals surface area contributed by atoms with Crippen molar-refractivity contribution < 1.29 is 4.79 Å². The van der Waals surface area contributed by atoms with Crippen LogP contribution in [0.3, 0.4) is 0 Å². The topological polar surface area (TPSA) is 55.1 Å². The second-order valence-corrected chi connectivity index (χ2v) is 3.05. The predicted octanol–water partition coefficient (Wildman–Crippen LogP) is 0.496. The Morgan fingerprint density at radius 2 is 2.09 bits per heavy atom. The fraction of sp³-hybridized carbons (Fsp3) is 0.875. The molecule has 0 aliphatic heterocycles. The molecule has 0 heterocycles. The summed E-state index contributed by atoms with van der Waals surface area (Å²) in [5, 5.41) is 2.77. The van der Waals surface area contributed by atoms with Gasteiger partial charge < -0.3 is 11.1 Å². The molecule has 1 amide bonds. The predicted molar refractivity (Wildman–Crippen MR) is 46.1 cm³/mol. The molecule has 0 bridgehead atoms. The largest absolute Gasteiger partial charge is 0.354 e. The zero-order valence-electron chi connectivity index (χ0n) is 7.55. The molecule has 3 N–H and O–H groups in total. The normalized spacial score (nSPS) is 15.6. The van der Waals surface area contributed by atoms with Crippen LogP contribution in [0.25, 0.3) is 0 Å². The smallest absolute Gasteiger partial charge is 0.236 e. The van der Waals surface area contributed by atoms with Gasteiger partial charge >= 0.3 is 0 Å². The van der Waals surface area contributed by atoms with E-state index in [4.69, 9.17) is 5.73 Å². The van der Waals surface area contributed by atoms with E-state index in [1.165, 1.54) is 0 Å². The van der Waals surface area contributed by atoms with E-state index in [0.717, 1.165) is 13.0 Å². The van der Waals surface area contributed by atoms with Gasteiger partial charge in [0.15, 0.2) is 0 Å². The van der Waals surface area contributed by atoms with Crippen molar-refractivity contribution in [3.8, 4) is 0 Å². The highest BCUT2D eigenvalue weighted by Crippen LogP contribution is 1.96. The van der Waals surface area contributed by atoms with E-state index in [-0.39, 0.29) is 11.9 Å². The number of hydrogen-bond donors (Lipinski definition) is 2. The Kier molecular flexibility index (Phi) is 4.86. The monoisotopic (exact) mass is 158 g/mol. The summed E-state index contributed by atoms with van der Waals surface area (Å²) >= 11 is 0. The first-order valence-electron chi connectivity index (χ1n) is 4.11. The zero-order valence-corrected chi connectivity index (χ0v) is 7.55. The van der Waals surface area contributed by atoms with Gasteiger partial charge in [-0.2, -0.15) is 0 Å².